The minimum absolute atomic E-state index is 0.652. The molecule has 3 rings (SSSR count). The fraction of sp³-hybridized carbons (Fsp3) is 0.600. The molecule has 0 atom stereocenters. The van der Waals surface area contributed by atoms with Gasteiger partial charge in [0, 0.05) is 26.2 Å². The number of rotatable bonds is 4. The van der Waals surface area contributed by atoms with Gasteiger partial charge in [0.15, 0.2) is 11.5 Å². The third-order valence-corrected chi connectivity index (χ3v) is 3.88. The molecule has 19 heavy (non-hydrogen) atoms. The van der Waals surface area contributed by atoms with E-state index in [9.17, 15) is 0 Å². The number of aryl methyl sites for hydroxylation is 1. The summed E-state index contributed by atoms with van der Waals surface area (Å²) >= 11 is 0. The highest BCUT2D eigenvalue weighted by molar-refractivity contribution is 5.47. The Labute approximate surface area is 114 Å². The number of nitrogens with one attached hydrogen (secondary N) is 1. The van der Waals surface area contributed by atoms with Crippen molar-refractivity contribution in [2.45, 2.75) is 13.5 Å². The predicted octanol–water partition coefficient (Wildman–Crippen LogP) is 1.42. The van der Waals surface area contributed by atoms with E-state index in [-0.39, 0.29) is 0 Å². The minimum Gasteiger partial charge on any atom is -0.486 e. The molecule has 0 amide bonds. The molecule has 0 radical (unpaired) electrons. The maximum Gasteiger partial charge on any atom is 0.161 e. The second-order valence-electron chi connectivity index (χ2n) is 5.64. The molecule has 4 nitrogen and oxygen atoms in total. The summed E-state index contributed by atoms with van der Waals surface area (Å²) in [6.07, 6.45) is 0. The molecular weight excluding hydrogens is 240 g/mol. The monoisotopic (exact) mass is 262 g/mol. The molecule has 2 aliphatic heterocycles. The molecule has 104 valence electrons. The molecule has 2 heterocycles. The van der Waals surface area contributed by atoms with Gasteiger partial charge >= 0.3 is 0 Å². The molecule has 2 aliphatic rings. The molecule has 0 aromatic heterocycles. The molecule has 1 N–H and O–H groups in total. The number of ether oxygens (including phenoxy) is 2. The van der Waals surface area contributed by atoms with Crippen LogP contribution in [0.2, 0.25) is 0 Å². The number of hydrogen-bond acceptors (Lipinski definition) is 4. The van der Waals surface area contributed by atoms with E-state index in [1.54, 1.807) is 0 Å². The Balaban J connectivity index is 1.69. The van der Waals surface area contributed by atoms with Crippen molar-refractivity contribution in [2.24, 2.45) is 5.92 Å². The summed E-state index contributed by atoms with van der Waals surface area (Å²) in [4.78, 5) is 2.39. The van der Waals surface area contributed by atoms with Crippen LogP contribution >= 0.6 is 0 Å². The Morgan fingerprint density at radius 2 is 1.89 bits per heavy atom. The highest BCUT2D eigenvalue weighted by Crippen LogP contribution is 2.33. The largest absolute Gasteiger partial charge is 0.486 e. The standard InChI is InChI=1S/C15H22N2O2/c1-11-5-14-15(19-4-3-18-14)6-13(11)10-17(2)9-12-7-16-8-12/h5-6,12,16H,3-4,7-10H2,1-2H3. The molecule has 4 heteroatoms. The van der Waals surface area contributed by atoms with Gasteiger partial charge in [-0.3, -0.25) is 0 Å². The lowest BCUT2D eigenvalue weighted by atomic mass is 10.0. The summed E-state index contributed by atoms with van der Waals surface area (Å²) in [5.41, 5.74) is 2.61. The van der Waals surface area contributed by atoms with Crippen molar-refractivity contribution in [3.8, 4) is 11.5 Å². The van der Waals surface area contributed by atoms with E-state index in [1.165, 1.54) is 11.1 Å². The second kappa shape index (κ2) is 5.39. The minimum atomic E-state index is 0.652. The number of benzene rings is 1. The smallest absolute Gasteiger partial charge is 0.161 e. The SMILES string of the molecule is Cc1cc2c(cc1CN(C)CC1CNC1)OCCO2. The zero-order valence-electron chi connectivity index (χ0n) is 11.7. The average Bonchev–Trinajstić information content (AvgIpc) is 2.35. The van der Waals surface area contributed by atoms with E-state index in [2.05, 4.69) is 36.3 Å². The summed E-state index contributed by atoms with van der Waals surface area (Å²) in [6, 6.07) is 4.24. The normalized spacial score (nSPS) is 18.5. The van der Waals surface area contributed by atoms with Crippen molar-refractivity contribution in [2.75, 3.05) is 39.9 Å². The van der Waals surface area contributed by atoms with Crippen molar-refractivity contribution in [3.63, 3.8) is 0 Å². The first-order chi connectivity index (χ1) is 9.22. The molecule has 0 spiro atoms. The van der Waals surface area contributed by atoms with Crippen LogP contribution in [0.15, 0.2) is 12.1 Å². The fourth-order valence-electron chi connectivity index (χ4n) is 2.68. The van der Waals surface area contributed by atoms with Gasteiger partial charge in [-0.15, -0.1) is 0 Å². The molecular formula is C15H22N2O2. The summed E-state index contributed by atoms with van der Waals surface area (Å²) < 4.78 is 11.3. The first-order valence-electron chi connectivity index (χ1n) is 7.01. The maximum absolute atomic E-state index is 5.66. The molecule has 1 aromatic rings. The third kappa shape index (κ3) is 2.85. The van der Waals surface area contributed by atoms with Gasteiger partial charge in [-0.2, -0.15) is 0 Å². The van der Waals surface area contributed by atoms with E-state index in [4.69, 9.17) is 9.47 Å². The topological polar surface area (TPSA) is 33.7 Å². The first kappa shape index (κ1) is 12.8. The lowest BCUT2D eigenvalue weighted by Crippen LogP contribution is -2.47. The van der Waals surface area contributed by atoms with Gasteiger partial charge in [-0.1, -0.05) is 0 Å². The van der Waals surface area contributed by atoms with Crippen molar-refractivity contribution >= 4 is 0 Å². The maximum atomic E-state index is 5.66. The van der Waals surface area contributed by atoms with E-state index < -0.39 is 0 Å². The van der Waals surface area contributed by atoms with Crippen LogP contribution in [0.25, 0.3) is 0 Å². The van der Waals surface area contributed by atoms with E-state index in [1.807, 2.05) is 0 Å². The van der Waals surface area contributed by atoms with Crippen LogP contribution in [0.4, 0.5) is 0 Å². The van der Waals surface area contributed by atoms with Crippen LogP contribution in [0, 0.1) is 12.8 Å². The van der Waals surface area contributed by atoms with E-state index in [0.29, 0.717) is 13.2 Å². The zero-order chi connectivity index (χ0) is 13.2. The lowest BCUT2D eigenvalue weighted by Gasteiger charge is -2.31. The predicted molar refractivity (Wildman–Crippen MR) is 74.9 cm³/mol. The summed E-state index contributed by atoms with van der Waals surface area (Å²) in [5.74, 6) is 2.59. The van der Waals surface area contributed by atoms with Gasteiger partial charge in [-0.25, -0.2) is 0 Å². The van der Waals surface area contributed by atoms with Gasteiger partial charge in [-0.05, 0) is 43.1 Å². The summed E-state index contributed by atoms with van der Waals surface area (Å²) in [7, 11) is 2.19. The molecule has 1 aromatic carbocycles. The number of nitrogens with zero attached hydrogens (tertiary/aromatic N) is 1. The van der Waals surface area contributed by atoms with E-state index in [0.717, 1.165) is 43.6 Å². The van der Waals surface area contributed by atoms with Crippen LogP contribution in [0.5, 0.6) is 11.5 Å². The zero-order valence-corrected chi connectivity index (χ0v) is 11.7. The lowest BCUT2D eigenvalue weighted by molar-refractivity contribution is 0.170. The highest BCUT2D eigenvalue weighted by atomic mass is 16.6. The molecule has 1 saturated heterocycles. The van der Waals surface area contributed by atoms with Gasteiger partial charge in [0.25, 0.3) is 0 Å². The molecule has 0 saturated carbocycles. The average molecular weight is 262 g/mol. The van der Waals surface area contributed by atoms with Crippen molar-refractivity contribution in [1.82, 2.24) is 10.2 Å². The first-order valence-corrected chi connectivity index (χ1v) is 7.01. The van der Waals surface area contributed by atoms with Crippen molar-refractivity contribution < 1.29 is 9.47 Å². The van der Waals surface area contributed by atoms with Crippen LogP contribution in [0.1, 0.15) is 11.1 Å². The van der Waals surface area contributed by atoms with Gasteiger partial charge in [0.05, 0.1) is 0 Å². The quantitative estimate of drug-likeness (QED) is 0.890. The Morgan fingerprint density at radius 1 is 1.21 bits per heavy atom. The van der Waals surface area contributed by atoms with Gasteiger partial charge < -0.3 is 19.7 Å². The van der Waals surface area contributed by atoms with Crippen molar-refractivity contribution in [1.29, 1.82) is 0 Å². The Hall–Kier alpha value is -1.26. The Bertz CT molecular complexity index is 458. The second-order valence-corrected chi connectivity index (χ2v) is 5.64. The Kier molecular flexibility index (Phi) is 3.62. The fourth-order valence-corrected chi connectivity index (χ4v) is 2.68. The number of fused-ring (bicyclic) bond motifs is 1. The summed E-state index contributed by atoms with van der Waals surface area (Å²) in [5, 5.41) is 3.32. The van der Waals surface area contributed by atoms with Gasteiger partial charge in [0.1, 0.15) is 13.2 Å². The molecule has 0 unspecified atom stereocenters. The van der Waals surface area contributed by atoms with Crippen molar-refractivity contribution in [3.05, 3.63) is 23.3 Å². The Morgan fingerprint density at radius 3 is 2.53 bits per heavy atom. The molecule has 0 bridgehead atoms. The molecule has 1 fully saturated rings. The molecule has 0 aliphatic carbocycles. The van der Waals surface area contributed by atoms with E-state index >= 15 is 0 Å². The third-order valence-electron chi connectivity index (χ3n) is 3.88. The van der Waals surface area contributed by atoms with Crippen LogP contribution < -0.4 is 14.8 Å². The highest BCUT2D eigenvalue weighted by Gasteiger charge is 2.19. The number of hydrogen-bond donors (Lipinski definition) is 1. The van der Waals surface area contributed by atoms with Crippen LogP contribution in [-0.2, 0) is 6.54 Å². The van der Waals surface area contributed by atoms with Crippen LogP contribution in [-0.4, -0.2) is 44.8 Å². The summed E-state index contributed by atoms with van der Waals surface area (Å²) in [6.45, 7) is 7.89. The van der Waals surface area contributed by atoms with Gasteiger partial charge in [0.2, 0.25) is 0 Å². The van der Waals surface area contributed by atoms with Crippen LogP contribution in [0.3, 0.4) is 0 Å².